The van der Waals surface area contributed by atoms with Crippen molar-refractivity contribution in [3.05, 3.63) is 23.9 Å². The molecule has 1 nitrogen and oxygen atoms in total. The number of allylic oxidation sites excluding steroid dienone is 2. The van der Waals surface area contributed by atoms with Crippen molar-refractivity contribution in [3.63, 3.8) is 0 Å². The molecule has 0 aromatic rings. The number of hydrogen-bond acceptors (Lipinski definition) is 1. The SMILES string of the molecule is C=C(CF)C1=CN(C(C)(C)C)CCC1. The molecule has 0 atom stereocenters. The molecule has 0 amide bonds. The Morgan fingerprint density at radius 1 is 1.57 bits per heavy atom. The topological polar surface area (TPSA) is 3.24 Å². The molecule has 0 radical (unpaired) electrons. The standard InChI is InChI=1S/C12H20FN/c1-10(8-13)11-6-5-7-14(9-11)12(2,3)4/h9H,1,5-8H2,2-4H3. The van der Waals surface area contributed by atoms with Crippen molar-refractivity contribution in [1.82, 2.24) is 4.90 Å². The summed E-state index contributed by atoms with van der Waals surface area (Å²) in [6, 6.07) is 0. The van der Waals surface area contributed by atoms with Gasteiger partial charge in [0.2, 0.25) is 0 Å². The lowest BCUT2D eigenvalue weighted by molar-refractivity contribution is 0.193. The van der Waals surface area contributed by atoms with Crippen LogP contribution in [-0.2, 0) is 0 Å². The Balaban J connectivity index is 2.79. The summed E-state index contributed by atoms with van der Waals surface area (Å²) in [4.78, 5) is 2.27. The highest BCUT2D eigenvalue weighted by molar-refractivity contribution is 5.29. The minimum absolute atomic E-state index is 0.127. The largest absolute Gasteiger partial charge is 0.372 e. The van der Waals surface area contributed by atoms with Crippen LogP contribution in [0.1, 0.15) is 33.6 Å². The Morgan fingerprint density at radius 3 is 2.71 bits per heavy atom. The number of hydrogen-bond donors (Lipinski definition) is 0. The molecule has 1 aliphatic rings. The molecular formula is C12H20FN. The highest BCUT2D eigenvalue weighted by atomic mass is 19.1. The van der Waals surface area contributed by atoms with Gasteiger partial charge in [-0.1, -0.05) is 6.58 Å². The summed E-state index contributed by atoms with van der Waals surface area (Å²) in [5, 5.41) is 0. The van der Waals surface area contributed by atoms with Crippen LogP contribution in [0.15, 0.2) is 23.9 Å². The Labute approximate surface area is 86.3 Å². The van der Waals surface area contributed by atoms with Crippen molar-refractivity contribution in [3.8, 4) is 0 Å². The summed E-state index contributed by atoms with van der Waals surface area (Å²) in [6.07, 6.45) is 4.14. The molecule has 0 N–H and O–H groups in total. The molecule has 1 aliphatic heterocycles. The van der Waals surface area contributed by atoms with E-state index in [4.69, 9.17) is 0 Å². The Kier molecular flexibility index (Phi) is 3.35. The second kappa shape index (κ2) is 4.16. The van der Waals surface area contributed by atoms with Gasteiger partial charge in [0.05, 0.1) is 0 Å². The number of alkyl halides is 1. The smallest absolute Gasteiger partial charge is 0.114 e. The lowest BCUT2D eigenvalue weighted by atomic mass is 9.97. The van der Waals surface area contributed by atoms with Gasteiger partial charge >= 0.3 is 0 Å². The summed E-state index contributed by atoms with van der Waals surface area (Å²) in [5.74, 6) is 0. The predicted molar refractivity (Wildman–Crippen MR) is 58.9 cm³/mol. The van der Waals surface area contributed by atoms with Crippen molar-refractivity contribution in [2.24, 2.45) is 0 Å². The van der Waals surface area contributed by atoms with Gasteiger partial charge in [-0.2, -0.15) is 0 Å². The Hall–Kier alpha value is -0.790. The van der Waals surface area contributed by atoms with Gasteiger partial charge in [-0.05, 0) is 44.8 Å². The fourth-order valence-corrected chi connectivity index (χ4v) is 1.64. The minimum atomic E-state index is -0.427. The molecule has 0 aromatic carbocycles. The summed E-state index contributed by atoms with van der Waals surface area (Å²) in [5.41, 5.74) is 1.84. The van der Waals surface area contributed by atoms with Crippen LogP contribution in [0.4, 0.5) is 4.39 Å². The molecular weight excluding hydrogens is 177 g/mol. The lowest BCUT2D eigenvalue weighted by Crippen LogP contribution is -2.39. The van der Waals surface area contributed by atoms with Crippen molar-refractivity contribution in [2.75, 3.05) is 13.2 Å². The third-order valence-electron chi connectivity index (χ3n) is 2.63. The van der Waals surface area contributed by atoms with Crippen LogP contribution in [0.25, 0.3) is 0 Å². The molecule has 0 unspecified atom stereocenters. The van der Waals surface area contributed by atoms with Gasteiger partial charge in [-0.15, -0.1) is 0 Å². The Bertz CT molecular complexity index is 248. The van der Waals surface area contributed by atoms with Gasteiger partial charge in [-0.25, -0.2) is 4.39 Å². The van der Waals surface area contributed by atoms with E-state index in [2.05, 4.69) is 38.5 Å². The van der Waals surface area contributed by atoms with Crippen LogP contribution in [0.2, 0.25) is 0 Å². The first-order chi connectivity index (χ1) is 6.45. The second-order valence-electron chi connectivity index (χ2n) is 4.86. The van der Waals surface area contributed by atoms with Gasteiger partial charge in [0, 0.05) is 18.3 Å². The summed E-state index contributed by atoms with van der Waals surface area (Å²) in [7, 11) is 0. The maximum absolute atomic E-state index is 12.4. The van der Waals surface area contributed by atoms with E-state index in [0.29, 0.717) is 5.57 Å². The predicted octanol–water partition coefficient (Wildman–Crippen LogP) is 3.29. The second-order valence-corrected chi connectivity index (χ2v) is 4.86. The molecule has 0 spiro atoms. The van der Waals surface area contributed by atoms with Crippen LogP contribution in [0.3, 0.4) is 0 Å². The molecule has 0 saturated heterocycles. The minimum Gasteiger partial charge on any atom is -0.372 e. The van der Waals surface area contributed by atoms with Crippen LogP contribution >= 0.6 is 0 Å². The van der Waals surface area contributed by atoms with E-state index < -0.39 is 6.67 Å². The molecule has 0 bridgehead atoms. The van der Waals surface area contributed by atoms with E-state index in [1.165, 1.54) is 0 Å². The molecule has 0 saturated carbocycles. The normalized spacial score (nSPS) is 18.0. The average Bonchev–Trinajstić information content (AvgIpc) is 2.15. The summed E-state index contributed by atoms with van der Waals surface area (Å²) < 4.78 is 12.4. The van der Waals surface area contributed by atoms with E-state index in [1.807, 2.05) is 0 Å². The van der Waals surface area contributed by atoms with Crippen LogP contribution in [0, 0.1) is 0 Å². The van der Waals surface area contributed by atoms with Crippen molar-refractivity contribution in [1.29, 1.82) is 0 Å². The number of nitrogens with zero attached hydrogens (tertiary/aromatic N) is 1. The first kappa shape index (κ1) is 11.3. The van der Waals surface area contributed by atoms with Gasteiger partial charge in [0.25, 0.3) is 0 Å². The fraction of sp³-hybridized carbons (Fsp3) is 0.667. The average molecular weight is 197 g/mol. The van der Waals surface area contributed by atoms with Crippen molar-refractivity contribution >= 4 is 0 Å². The first-order valence-corrected chi connectivity index (χ1v) is 5.16. The third kappa shape index (κ3) is 2.60. The summed E-state index contributed by atoms with van der Waals surface area (Å²) >= 11 is 0. The van der Waals surface area contributed by atoms with Crippen molar-refractivity contribution < 1.29 is 4.39 Å². The van der Waals surface area contributed by atoms with Crippen molar-refractivity contribution in [2.45, 2.75) is 39.2 Å². The van der Waals surface area contributed by atoms with E-state index in [0.717, 1.165) is 25.0 Å². The molecule has 1 rings (SSSR count). The highest BCUT2D eigenvalue weighted by Gasteiger charge is 2.21. The molecule has 0 aliphatic carbocycles. The zero-order valence-electron chi connectivity index (χ0n) is 9.44. The van der Waals surface area contributed by atoms with Gasteiger partial charge in [0.1, 0.15) is 6.67 Å². The Morgan fingerprint density at radius 2 is 2.21 bits per heavy atom. The van der Waals surface area contributed by atoms with E-state index in [9.17, 15) is 4.39 Å². The maximum atomic E-state index is 12.4. The van der Waals surface area contributed by atoms with E-state index >= 15 is 0 Å². The zero-order valence-corrected chi connectivity index (χ0v) is 9.44. The van der Waals surface area contributed by atoms with E-state index in [1.54, 1.807) is 0 Å². The molecule has 2 heteroatoms. The van der Waals surface area contributed by atoms with Crippen LogP contribution in [0.5, 0.6) is 0 Å². The van der Waals surface area contributed by atoms with Crippen LogP contribution < -0.4 is 0 Å². The highest BCUT2D eigenvalue weighted by Crippen LogP contribution is 2.26. The quantitative estimate of drug-likeness (QED) is 0.656. The molecule has 1 heterocycles. The maximum Gasteiger partial charge on any atom is 0.114 e. The number of halogens is 1. The van der Waals surface area contributed by atoms with Gasteiger partial charge < -0.3 is 4.90 Å². The third-order valence-corrected chi connectivity index (χ3v) is 2.63. The molecule has 14 heavy (non-hydrogen) atoms. The molecule has 0 aromatic heterocycles. The van der Waals surface area contributed by atoms with E-state index in [-0.39, 0.29) is 5.54 Å². The fourth-order valence-electron chi connectivity index (χ4n) is 1.64. The molecule has 80 valence electrons. The lowest BCUT2D eigenvalue weighted by Gasteiger charge is -2.38. The molecule has 0 fully saturated rings. The van der Waals surface area contributed by atoms with Gasteiger partial charge in [0.15, 0.2) is 0 Å². The zero-order chi connectivity index (χ0) is 10.8. The monoisotopic (exact) mass is 197 g/mol. The van der Waals surface area contributed by atoms with Crippen LogP contribution in [-0.4, -0.2) is 23.7 Å². The number of rotatable bonds is 2. The summed E-state index contributed by atoms with van der Waals surface area (Å²) in [6.45, 7) is 10.9. The van der Waals surface area contributed by atoms with Gasteiger partial charge in [-0.3, -0.25) is 0 Å². The first-order valence-electron chi connectivity index (χ1n) is 5.16.